The SMILES string of the molecule is CC(C)(C)OC(=O)N[C@@H](Cc1c[nH]c2ccccc12)C(=O)N[C@H]1CCCN2C(=S)N(Cc3ccccc3)C(=O)C[C@H]12. The third kappa shape index (κ3) is 6.70. The number of nitrogens with one attached hydrogen (secondary N) is 3. The van der Waals surface area contributed by atoms with Crippen molar-refractivity contribution in [2.75, 3.05) is 6.54 Å². The van der Waals surface area contributed by atoms with E-state index in [1.54, 1.807) is 25.7 Å². The molecular weight excluding hydrogens is 538 g/mol. The predicted octanol–water partition coefficient (Wildman–Crippen LogP) is 4.27. The molecule has 3 N–H and O–H groups in total. The number of amides is 3. The van der Waals surface area contributed by atoms with Crippen molar-refractivity contribution in [1.29, 1.82) is 0 Å². The van der Waals surface area contributed by atoms with Gasteiger partial charge in [-0.3, -0.25) is 14.5 Å². The van der Waals surface area contributed by atoms with Crippen LogP contribution in [0.5, 0.6) is 0 Å². The molecule has 0 bridgehead atoms. The topological polar surface area (TPSA) is 107 Å². The smallest absolute Gasteiger partial charge is 0.408 e. The molecule has 0 spiro atoms. The summed E-state index contributed by atoms with van der Waals surface area (Å²) < 4.78 is 5.48. The number of nitrogens with zero attached hydrogens (tertiary/aromatic N) is 2. The number of piperidine rings is 1. The lowest BCUT2D eigenvalue weighted by Crippen LogP contribution is -2.65. The minimum atomic E-state index is -0.875. The molecule has 41 heavy (non-hydrogen) atoms. The van der Waals surface area contributed by atoms with Gasteiger partial charge in [0.25, 0.3) is 0 Å². The van der Waals surface area contributed by atoms with Crippen molar-refractivity contribution < 1.29 is 19.1 Å². The summed E-state index contributed by atoms with van der Waals surface area (Å²) in [5.74, 6) is -0.374. The monoisotopic (exact) mass is 575 g/mol. The molecular formula is C31H37N5O4S. The molecule has 9 nitrogen and oxygen atoms in total. The number of carbonyl (C=O) groups is 3. The van der Waals surface area contributed by atoms with Crippen LogP contribution in [0.25, 0.3) is 10.9 Å². The Bertz CT molecular complexity index is 1430. The Balaban J connectivity index is 1.32. The van der Waals surface area contributed by atoms with Crippen molar-refractivity contribution in [1.82, 2.24) is 25.4 Å². The molecule has 1 aromatic heterocycles. The normalized spacial score (nSPS) is 20.0. The maximum absolute atomic E-state index is 13.8. The highest BCUT2D eigenvalue weighted by Crippen LogP contribution is 2.28. The zero-order valence-corrected chi connectivity index (χ0v) is 24.5. The Morgan fingerprint density at radius 3 is 2.61 bits per heavy atom. The lowest BCUT2D eigenvalue weighted by molar-refractivity contribution is -0.133. The molecule has 2 aliphatic heterocycles. The molecule has 2 aliphatic rings. The molecule has 0 aliphatic carbocycles. The van der Waals surface area contributed by atoms with Crippen LogP contribution in [0.4, 0.5) is 4.79 Å². The van der Waals surface area contributed by atoms with E-state index in [0.29, 0.717) is 18.1 Å². The van der Waals surface area contributed by atoms with Crippen LogP contribution in [0.1, 0.15) is 51.2 Å². The first-order chi connectivity index (χ1) is 19.6. The van der Waals surface area contributed by atoms with Gasteiger partial charge in [-0.05, 0) is 63.0 Å². The second kappa shape index (κ2) is 11.9. The molecule has 5 rings (SSSR count). The van der Waals surface area contributed by atoms with Crippen LogP contribution in [-0.2, 0) is 27.3 Å². The van der Waals surface area contributed by atoms with E-state index in [-0.39, 0.29) is 36.7 Å². The summed E-state index contributed by atoms with van der Waals surface area (Å²) in [6.07, 6.45) is 3.27. The number of carbonyl (C=O) groups excluding carboxylic acids is 3. The predicted molar refractivity (Wildman–Crippen MR) is 161 cm³/mol. The second-order valence-electron chi connectivity index (χ2n) is 11.7. The van der Waals surface area contributed by atoms with Crippen LogP contribution in [0.2, 0.25) is 0 Å². The Morgan fingerprint density at radius 1 is 1.12 bits per heavy atom. The Kier molecular flexibility index (Phi) is 8.30. The summed E-state index contributed by atoms with van der Waals surface area (Å²) >= 11 is 5.79. The Hall–Kier alpha value is -3.92. The summed E-state index contributed by atoms with van der Waals surface area (Å²) in [6.45, 7) is 6.49. The fourth-order valence-corrected chi connectivity index (χ4v) is 6.04. The lowest BCUT2D eigenvalue weighted by atomic mass is 9.91. The first-order valence-corrected chi connectivity index (χ1v) is 14.5. The van der Waals surface area contributed by atoms with E-state index in [1.165, 1.54) is 0 Å². The van der Waals surface area contributed by atoms with E-state index in [9.17, 15) is 14.4 Å². The Morgan fingerprint density at radius 2 is 1.85 bits per heavy atom. The summed E-state index contributed by atoms with van der Waals surface area (Å²) in [5, 5.41) is 7.43. The van der Waals surface area contributed by atoms with Crippen molar-refractivity contribution in [2.24, 2.45) is 0 Å². The number of hydrogen-bond acceptors (Lipinski definition) is 5. The first kappa shape index (κ1) is 28.6. The van der Waals surface area contributed by atoms with Crippen molar-refractivity contribution in [3.05, 3.63) is 71.9 Å². The maximum Gasteiger partial charge on any atom is 0.408 e. The number of benzene rings is 2. The lowest BCUT2D eigenvalue weighted by Gasteiger charge is -2.48. The highest BCUT2D eigenvalue weighted by atomic mass is 32.1. The number of aromatic amines is 1. The quantitative estimate of drug-likeness (QED) is 0.364. The van der Waals surface area contributed by atoms with Gasteiger partial charge < -0.3 is 25.3 Å². The third-order valence-corrected chi connectivity index (χ3v) is 8.01. The zero-order valence-electron chi connectivity index (χ0n) is 23.7. The van der Waals surface area contributed by atoms with Gasteiger partial charge in [0, 0.05) is 42.5 Å². The third-order valence-electron chi connectivity index (χ3n) is 7.56. The van der Waals surface area contributed by atoms with Gasteiger partial charge in [-0.25, -0.2) is 4.79 Å². The van der Waals surface area contributed by atoms with Gasteiger partial charge in [-0.2, -0.15) is 0 Å². The fraction of sp³-hybridized carbons (Fsp3) is 0.419. The molecule has 2 aromatic carbocycles. The molecule has 2 saturated heterocycles. The van der Waals surface area contributed by atoms with Crippen LogP contribution >= 0.6 is 12.2 Å². The van der Waals surface area contributed by atoms with Gasteiger partial charge in [0.2, 0.25) is 11.8 Å². The van der Waals surface area contributed by atoms with Gasteiger partial charge in [0.15, 0.2) is 5.11 Å². The molecule has 3 atom stereocenters. The first-order valence-electron chi connectivity index (χ1n) is 14.1. The van der Waals surface area contributed by atoms with Gasteiger partial charge >= 0.3 is 6.09 Å². The van der Waals surface area contributed by atoms with Crippen molar-refractivity contribution in [2.45, 2.75) is 76.7 Å². The number of ether oxygens (including phenoxy) is 1. The van der Waals surface area contributed by atoms with E-state index < -0.39 is 17.7 Å². The van der Waals surface area contributed by atoms with Gasteiger partial charge in [-0.15, -0.1) is 0 Å². The van der Waals surface area contributed by atoms with Gasteiger partial charge in [0.05, 0.1) is 12.6 Å². The second-order valence-corrected chi connectivity index (χ2v) is 12.1. The molecule has 3 amide bonds. The van der Waals surface area contributed by atoms with Crippen LogP contribution in [-0.4, -0.2) is 68.1 Å². The number of alkyl carbamates (subject to hydrolysis) is 1. The molecule has 0 radical (unpaired) electrons. The van der Waals surface area contributed by atoms with E-state index in [1.807, 2.05) is 60.8 Å². The fourth-order valence-electron chi connectivity index (χ4n) is 5.65. The van der Waals surface area contributed by atoms with Gasteiger partial charge in [0.1, 0.15) is 11.6 Å². The molecule has 3 heterocycles. The molecule has 3 aromatic rings. The minimum absolute atomic E-state index is 0.0523. The van der Waals surface area contributed by atoms with Crippen molar-refractivity contribution in [3.8, 4) is 0 Å². The Labute approximate surface area is 245 Å². The van der Waals surface area contributed by atoms with Crippen molar-refractivity contribution >= 4 is 46.1 Å². The van der Waals surface area contributed by atoms with E-state index in [0.717, 1.165) is 35.0 Å². The average Bonchev–Trinajstić information content (AvgIpc) is 3.33. The summed E-state index contributed by atoms with van der Waals surface area (Å²) in [6, 6.07) is 16.2. The number of para-hydroxylation sites is 1. The van der Waals surface area contributed by atoms with Crippen LogP contribution in [0.3, 0.4) is 0 Å². The average molecular weight is 576 g/mol. The number of thiocarbonyl (C=S) groups is 1. The molecule has 0 unspecified atom stereocenters. The van der Waals surface area contributed by atoms with Crippen LogP contribution < -0.4 is 10.6 Å². The number of rotatable bonds is 7. The van der Waals surface area contributed by atoms with Crippen LogP contribution in [0.15, 0.2) is 60.8 Å². The largest absolute Gasteiger partial charge is 0.444 e. The number of H-pyrrole nitrogens is 1. The maximum atomic E-state index is 13.8. The van der Waals surface area contributed by atoms with Gasteiger partial charge in [-0.1, -0.05) is 48.5 Å². The summed E-state index contributed by atoms with van der Waals surface area (Å²) in [5.41, 5.74) is 2.17. The van der Waals surface area contributed by atoms with E-state index >= 15 is 0 Å². The molecule has 2 fully saturated rings. The van der Waals surface area contributed by atoms with Crippen molar-refractivity contribution in [3.63, 3.8) is 0 Å². The van der Waals surface area contributed by atoms with E-state index in [2.05, 4.69) is 20.5 Å². The minimum Gasteiger partial charge on any atom is -0.444 e. The standard InChI is InChI=1S/C31H37N5O4S/c1-31(2,3)40-29(39)34-25(16-21-18-32-23-13-8-7-12-22(21)23)28(38)33-24-14-9-15-35-26(24)17-27(37)36(30(35)41)19-20-10-5-4-6-11-20/h4-8,10-13,18,24-26,32H,9,14-17,19H2,1-3H3,(H,33,38)(H,34,39)/t24-,25-,26+/m0/s1. The molecule has 0 saturated carbocycles. The number of aromatic nitrogens is 1. The van der Waals surface area contributed by atoms with E-state index in [4.69, 9.17) is 17.0 Å². The number of hydrogen-bond donors (Lipinski definition) is 3. The molecule has 10 heteroatoms. The summed E-state index contributed by atoms with van der Waals surface area (Å²) in [7, 11) is 0. The van der Waals surface area contributed by atoms with Crippen LogP contribution in [0, 0.1) is 0 Å². The number of fused-ring (bicyclic) bond motifs is 2. The zero-order chi connectivity index (χ0) is 29.1. The highest BCUT2D eigenvalue weighted by molar-refractivity contribution is 7.80. The highest BCUT2D eigenvalue weighted by Gasteiger charge is 2.43. The summed E-state index contributed by atoms with van der Waals surface area (Å²) in [4.78, 5) is 46.8. The molecule has 216 valence electrons.